The smallest absolute Gasteiger partial charge is 0.293 e. The van der Waals surface area contributed by atoms with E-state index in [2.05, 4.69) is 10.3 Å². The number of anilines is 1. The molecule has 1 aliphatic heterocycles. The SMILES string of the molecule is CN(c1nccn(C(C)(C)C)c1=O)C1CCCNC1. The first kappa shape index (κ1) is 14.1. The maximum atomic E-state index is 12.5. The van der Waals surface area contributed by atoms with Gasteiger partial charge in [-0.3, -0.25) is 4.79 Å². The van der Waals surface area contributed by atoms with E-state index in [1.807, 2.05) is 32.7 Å². The van der Waals surface area contributed by atoms with E-state index in [-0.39, 0.29) is 11.1 Å². The lowest BCUT2D eigenvalue weighted by atomic mass is 10.1. The Kier molecular flexibility index (Phi) is 3.94. The fourth-order valence-electron chi connectivity index (χ4n) is 2.51. The second-order valence-electron chi connectivity index (χ2n) is 6.21. The molecule has 1 aromatic rings. The van der Waals surface area contributed by atoms with Gasteiger partial charge in [-0.1, -0.05) is 0 Å². The predicted octanol–water partition coefficient (Wildman–Crippen LogP) is 1.19. The van der Waals surface area contributed by atoms with Crippen LogP contribution in [0.5, 0.6) is 0 Å². The molecule has 1 aromatic heterocycles. The molecular formula is C14H24N4O. The van der Waals surface area contributed by atoms with Crippen LogP contribution < -0.4 is 15.8 Å². The Balaban J connectivity index is 2.32. The number of piperidine rings is 1. The highest BCUT2D eigenvalue weighted by molar-refractivity contribution is 5.36. The third kappa shape index (κ3) is 2.97. The standard InChI is InChI=1S/C14H24N4O/c1-14(2,3)18-9-8-16-12(13(18)19)17(4)11-6-5-7-15-10-11/h8-9,11,15H,5-7,10H2,1-4H3. The van der Waals surface area contributed by atoms with Gasteiger partial charge in [-0.2, -0.15) is 0 Å². The van der Waals surface area contributed by atoms with Gasteiger partial charge >= 0.3 is 0 Å². The molecule has 0 radical (unpaired) electrons. The fourth-order valence-corrected chi connectivity index (χ4v) is 2.51. The largest absolute Gasteiger partial charge is 0.351 e. The molecule has 1 N–H and O–H groups in total. The zero-order valence-electron chi connectivity index (χ0n) is 12.3. The summed E-state index contributed by atoms with van der Waals surface area (Å²) in [6, 6.07) is 0.352. The molecule has 0 saturated carbocycles. The van der Waals surface area contributed by atoms with Gasteiger partial charge in [0.2, 0.25) is 0 Å². The van der Waals surface area contributed by atoms with Crippen LogP contribution in [0.3, 0.4) is 0 Å². The van der Waals surface area contributed by atoms with E-state index in [0.717, 1.165) is 25.9 Å². The number of hydrogen-bond donors (Lipinski definition) is 1. The minimum Gasteiger partial charge on any atom is -0.351 e. The van der Waals surface area contributed by atoms with Crippen LogP contribution in [0, 0.1) is 0 Å². The van der Waals surface area contributed by atoms with Crippen LogP contribution in [0.2, 0.25) is 0 Å². The normalized spacial score (nSPS) is 20.3. The third-order valence-corrected chi connectivity index (χ3v) is 3.70. The number of hydrogen-bond acceptors (Lipinski definition) is 4. The number of aromatic nitrogens is 2. The van der Waals surface area contributed by atoms with Crippen molar-refractivity contribution in [2.75, 3.05) is 25.0 Å². The molecule has 0 aromatic carbocycles. The van der Waals surface area contributed by atoms with Crippen LogP contribution in [0.1, 0.15) is 33.6 Å². The van der Waals surface area contributed by atoms with Crippen molar-refractivity contribution < 1.29 is 0 Å². The van der Waals surface area contributed by atoms with Gasteiger partial charge in [-0.25, -0.2) is 4.98 Å². The maximum Gasteiger partial charge on any atom is 0.293 e. The van der Waals surface area contributed by atoms with Crippen molar-refractivity contribution in [2.45, 2.75) is 45.2 Å². The van der Waals surface area contributed by atoms with Crippen LogP contribution in [0.4, 0.5) is 5.82 Å². The first-order valence-corrected chi connectivity index (χ1v) is 6.93. The molecule has 2 heterocycles. The Morgan fingerprint density at radius 1 is 1.47 bits per heavy atom. The molecule has 1 saturated heterocycles. The second-order valence-corrected chi connectivity index (χ2v) is 6.21. The molecule has 5 nitrogen and oxygen atoms in total. The summed E-state index contributed by atoms with van der Waals surface area (Å²) in [4.78, 5) is 18.9. The maximum absolute atomic E-state index is 12.5. The van der Waals surface area contributed by atoms with E-state index in [1.54, 1.807) is 17.0 Å². The summed E-state index contributed by atoms with van der Waals surface area (Å²) in [7, 11) is 1.97. The highest BCUT2D eigenvalue weighted by Gasteiger charge is 2.23. The average molecular weight is 264 g/mol. The molecule has 2 rings (SSSR count). The number of nitrogens with one attached hydrogen (secondary N) is 1. The molecule has 19 heavy (non-hydrogen) atoms. The average Bonchev–Trinajstić information content (AvgIpc) is 2.38. The van der Waals surface area contributed by atoms with Crippen molar-refractivity contribution in [3.63, 3.8) is 0 Å². The van der Waals surface area contributed by atoms with Gasteiger partial charge in [-0.05, 0) is 40.2 Å². The molecule has 1 unspecified atom stereocenters. The minimum atomic E-state index is -0.222. The Hall–Kier alpha value is -1.36. The highest BCUT2D eigenvalue weighted by Crippen LogP contribution is 2.15. The molecular weight excluding hydrogens is 240 g/mol. The van der Waals surface area contributed by atoms with Crippen molar-refractivity contribution in [2.24, 2.45) is 0 Å². The van der Waals surface area contributed by atoms with Gasteiger partial charge in [-0.15, -0.1) is 0 Å². The first-order chi connectivity index (χ1) is 8.91. The van der Waals surface area contributed by atoms with Gasteiger partial charge in [0.05, 0.1) is 0 Å². The zero-order chi connectivity index (χ0) is 14.0. The van der Waals surface area contributed by atoms with Gasteiger partial charge in [0, 0.05) is 37.6 Å². The van der Waals surface area contributed by atoms with E-state index in [9.17, 15) is 4.79 Å². The summed E-state index contributed by atoms with van der Waals surface area (Å²) in [6.45, 7) is 8.07. The molecule has 0 aliphatic carbocycles. The lowest BCUT2D eigenvalue weighted by Gasteiger charge is -2.33. The van der Waals surface area contributed by atoms with Crippen molar-refractivity contribution >= 4 is 5.82 Å². The predicted molar refractivity (Wildman–Crippen MR) is 77.8 cm³/mol. The van der Waals surface area contributed by atoms with Crippen LogP contribution in [-0.4, -0.2) is 35.7 Å². The number of likely N-dealkylation sites (N-methyl/N-ethyl adjacent to an activating group) is 1. The van der Waals surface area contributed by atoms with Crippen LogP contribution in [-0.2, 0) is 5.54 Å². The lowest BCUT2D eigenvalue weighted by molar-refractivity contribution is 0.380. The zero-order valence-corrected chi connectivity index (χ0v) is 12.3. The first-order valence-electron chi connectivity index (χ1n) is 6.93. The van der Waals surface area contributed by atoms with Crippen molar-refractivity contribution in [3.05, 3.63) is 22.7 Å². The highest BCUT2D eigenvalue weighted by atomic mass is 16.1. The number of rotatable bonds is 2. The molecule has 1 fully saturated rings. The summed E-state index contributed by atoms with van der Waals surface area (Å²) in [5.41, 5.74) is -0.233. The van der Waals surface area contributed by atoms with E-state index in [0.29, 0.717) is 11.9 Å². The van der Waals surface area contributed by atoms with Crippen molar-refractivity contribution in [1.82, 2.24) is 14.9 Å². The Morgan fingerprint density at radius 3 is 2.79 bits per heavy atom. The second kappa shape index (κ2) is 5.33. The minimum absolute atomic E-state index is 0.0110. The number of nitrogens with zero attached hydrogens (tertiary/aromatic N) is 3. The van der Waals surface area contributed by atoms with Crippen molar-refractivity contribution in [1.29, 1.82) is 0 Å². The Bertz CT molecular complexity index is 483. The third-order valence-electron chi connectivity index (χ3n) is 3.70. The topological polar surface area (TPSA) is 50.2 Å². The van der Waals surface area contributed by atoms with Gasteiger partial charge < -0.3 is 14.8 Å². The van der Waals surface area contributed by atoms with E-state index >= 15 is 0 Å². The summed E-state index contributed by atoms with van der Waals surface area (Å²) in [5, 5.41) is 3.37. The monoisotopic (exact) mass is 264 g/mol. The van der Waals surface area contributed by atoms with Crippen LogP contribution in [0.15, 0.2) is 17.2 Å². The van der Waals surface area contributed by atoms with E-state index in [1.165, 1.54) is 0 Å². The Morgan fingerprint density at radius 2 is 2.21 bits per heavy atom. The quantitative estimate of drug-likeness (QED) is 0.871. The summed E-state index contributed by atoms with van der Waals surface area (Å²) < 4.78 is 1.75. The van der Waals surface area contributed by atoms with E-state index in [4.69, 9.17) is 0 Å². The molecule has 0 spiro atoms. The van der Waals surface area contributed by atoms with Gasteiger partial charge in [0.15, 0.2) is 5.82 Å². The molecule has 1 atom stereocenters. The lowest BCUT2D eigenvalue weighted by Crippen LogP contribution is -2.47. The van der Waals surface area contributed by atoms with Gasteiger partial charge in [0.25, 0.3) is 5.56 Å². The molecule has 5 heteroatoms. The van der Waals surface area contributed by atoms with Crippen LogP contribution in [0.25, 0.3) is 0 Å². The van der Waals surface area contributed by atoms with Crippen LogP contribution >= 0.6 is 0 Å². The molecule has 1 aliphatic rings. The summed E-state index contributed by atoms with van der Waals surface area (Å²) >= 11 is 0. The summed E-state index contributed by atoms with van der Waals surface area (Å²) in [5.74, 6) is 0.547. The fraction of sp³-hybridized carbons (Fsp3) is 0.714. The van der Waals surface area contributed by atoms with Crippen molar-refractivity contribution in [3.8, 4) is 0 Å². The Labute approximate surface area is 114 Å². The molecule has 0 amide bonds. The summed E-state index contributed by atoms with van der Waals surface area (Å²) in [6.07, 6.45) is 5.73. The van der Waals surface area contributed by atoms with Gasteiger partial charge in [0.1, 0.15) is 0 Å². The molecule has 106 valence electrons. The molecule has 0 bridgehead atoms. The van der Waals surface area contributed by atoms with E-state index < -0.39 is 0 Å².